The van der Waals surface area contributed by atoms with Gasteiger partial charge in [-0.3, -0.25) is 4.79 Å². The highest BCUT2D eigenvalue weighted by molar-refractivity contribution is 5.67. The molecule has 1 rings (SSSR count). The first kappa shape index (κ1) is 12.5. The molecular weight excluding hydrogens is 192 g/mol. The van der Waals surface area contributed by atoms with E-state index in [-0.39, 0.29) is 12.5 Å². The molecule has 0 aliphatic carbocycles. The van der Waals surface area contributed by atoms with Crippen LogP contribution in [0.2, 0.25) is 0 Å². The molecule has 0 amide bonds. The zero-order valence-corrected chi connectivity index (χ0v) is 9.48. The minimum absolute atomic E-state index is 0.168. The lowest BCUT2D eigenvalue weighted by molar-refractivity contribution is -0.138. The van der Waals surface area contributed by atoms with E-state index in [1.54, 1.807) is 0 Å². The Morgan fingerprint density at radius 1 is 1.53 bits per heavy atom. The van der Waals surface area contributed by atoms with E-state index in [4.69, 9.17) is 10.8 Å². The summed E-state index contributed by atoms with van der Waals surface area (Å²) in [4.78, 5) is 12.9. The number of carbonyl (C=O) groups is 1. The van der Waals surface area contributed by atoms with E-state index >= 15 is 0 Å². The first-order valence-corrected chi connectivity index (χ1v) is 5.79. The predicted molar refractivity (Wildman–Crippen MR) is 59.7 cm³/mol. The fourth-order valence-corrected chi connectivity index (χ4v) is 2.30. The molecule has 1 saturated heterocycles. The van der Waals surface area contributed by atoms with Crippen molar-refractivity contribution in [2.24, 2.45) is 11.7 Å². The number of hydrogen-bond donors (Lipinski definition) is 2. The van der Waals surface area contributed by atoms with Crippen molar-refractivity contribution in [1.82, 2.24) is 4.90 Å². The number of likely N-dealkylation sites (tertiary alicyclic amines) is 1. The minimum Gasteiger partial charge on any atom is -0.481 e. The number of rotatable bonds is 5. The Bertz CT molecular complexity index is 201. The SMILES string of the molecule is CC(CC(=O)O)N1CCC(CCN)CC1. The zero-order valence-electron chi connectivity index (χ0n) is 9.48. The molecule has 0 aromatic heterocycles. The van der Waals surface area contributed by atoms with Gasteiger partial charge in [0, 0.05) is 6.04 Å². The molecule has 0 aromatic rings. The standard InChI is InChI=1S/C11H22N2O2/c1-9(8-11(14)15)13-6-3-10(2-5-12)4-7-13/h9-10H,2-8,12H2,1H3,(H,14,15). The maximum atomic E-state index is 10.6. The highest BCUT2D eigenvalue weighted by atomic mass is 16.4. The van der Waals surface area contributed by atoms with Crippen molar-refractivity contribution in [2.75, 3.05) is 19.6 Å². The largest absolute Gasteiger partial charge is 0.481 e. The van der Waals surface area contributed by atoms with Gasteiger partial charge in [0.25, 0.3) is 0 Å². The van der Waals surface area contributed by atoms with Crippen LogP contribution in [0.4, 0.5) is 0 Å². The van der Waals surface area contributed by atoms with E-state index in [2.05, 4.69) is 4.90 Å². The molecule has 1 atom stereocenters. The second kappa shape index (κ2) is 6.08. The molecule has 88 valence electrons. The van der Waals surface area contributed by atoms with Crippen LogP contribution in [0.1, 0.15) is 32.6 Å². The highest BCUT2D eigenvalue weighted by Crippen LogP contribution is 2.21. The third-order valence-electron chi connectivity index (χ3n) is 3.32. The molecule has 4 heteroatoms. The summed E-state index contributed by atoms with van der Waals surface area (Å²) >= 11 is 0. The van der Waals surface area contributed by atoms with Crippen LogP contribution in [0, 0.1) is 5.92 Å². The average Bonchev–Trinajstić information content (AvgIpc) is 2.18. The van der Waals surface area contributed by atoms with Gasteiger partial charge in [-0.05, 0) is 51.7 Å². The maximum absolute atomic E-state index is 10.6. The van der Waals surface area contributed by atoms with E-state index in [0.717, 1.165) is 32.0 Å². The normalized spacial score (nSPS) is 21.5. The molecule has 0 saturated carbocycles. The van der Waals surface area contributed by atoms with E-state index in [1.807, 2.05) is 6.92 Å². The third kappa shape index (κ3) is 4.18. The van der Waals surface area contributed by atoms with Crippen molar-refractivity contribution in [1.29, 1.82) is 0 Å². The molecule has 0 aromatic carbocycles. The van der Waals surface area contributed by atoms with Gasteiger partial charge in [0.15, 0.2) is 0 Å². The average molecular weight is 214 g/mol. The molecule has 0 spiro atoms. The van der Waals surface area contributed by atoms with Gasteiger partial charge in [0.2, 0.25) is 0 Å². The van der Waals surface area contributed by atoms with E-state index in [1.165, 1.54) is 12.8 Å². The van der Waals surface area contributed by atoms with Crippen molar-refractivity contribution in [3.05, 3.63) is 0 Å². The number of carboxylic acid groups (broad SMARTS) is 1. The van der Waals surface area contributed by atoms with Crippen LogP contribution in [0.25, 0.3) is 0 Å². The minimum atomic E-state index is -0.702. The van der Waals surface area contributed by atoms with E-state index < -0.39 is 5.97 Å². The molecule has 1 unspecified atom stereocenters. The molecule has 1 aliphatic rings. The summed E-state index contributed by atoms with van der Waals surface area (Å²) in [6, 6.07) is 0.168. The number of nitrogens with zero attached hydrogens (tertiary/aromatic N) is 1. The van der Waals surface area contributed by atoms with Gasteiger partial charge < -0.3 is 15.7 Å². The fourth-order valence-electron chi connectivity index (χ4n) is 2.30. The van der Waals surface area contributed by atoms with Crippen molar-refractivity contribution in [3.63, 3.8) is 0 Å². The van der Waals surface area contributed by atoms with Crippen molar-refractivity contribution in [3.8, 4) is 0 Å². The van der Waals surface area contributed by atoms with Crippen LogP contribution in [0.15, 0.2) is 0 Å². The summed E-state index contributed by atoms with van der Waals surface area (Å²) in [6.07, 6.45) is 3.70. The fraction of sp³-hybridized carbons (Fsp3) is 0.909. The summed E-state index contributed by atoms with van der Waals surface area (Å²) in [5.41, 5.74) is 5.53. The monoisotopic (exact) mass is 214 g/mol. The molecule has 1 fully saturated rings. The Morgan fingerprint density at radius 2 is 2.13 bits per heavy atom. The first-order chi connectivity index (χ1) is 7.13. The Hall–Kier alpha value is -0.610. The highest BCUT2D eigenvalue weighted by Gasteiger charge is 2.23. The van der Waals surface area contributed by atoms with E-state index in [0.29, 0.717) is 0 Å². The third-order valence-corrected chi connectivity index (χ3v) is 3.32. The summed E-state index contributed by atoms with van der Waals surface area (Å²) < 4.78 is 0. The predicted octanol–water partition coefficient (Wildman–Crippen LogP) is 0.910. The van der Waals surface area contributed by atoms with Gasteiger partial charge in [-0.1, -0.05) is 0 Å². The number of piperidine rings is 1. The number of carboxylic acids is 1. The van der Waals surface area contributed by atoms with Crippen LogP contribution in [-0.2, 0) is 4.79 Å². The molecule has 0 bridgehead atoms. The number of hydrogen-bond acceptors (Lipinski definition) is 3. The second-order valence-corrected chi connectivity index (χ2v) is 4.50. The van der Waals surface area contributed by atoms with Crippen LogP contribution >= 0.6 is 0 Å². The van der Waals surface area contributed by atoms with Crippen LogP contribution in [-0.4, -0.2) is 41.7 Å². The van der Waals surface area contributed by atoms with Crippen molar-refractivity contribution < 1.29 is 9.90 Å². The van der Waals surface area contributed by atoms with Gasteiger partial charge >= 0.3 is 5.97 Å². The van der Waals surface area contributed by atoms with Crippen molar-refractivity contribution in [2.45, 2.75) is 38.6 Å². The van der Waals surface area contributed by atoms with Gasteiger partial charge in [-0.25, -0.2) is 0 Å². The zero-order chi connectivity index (χ0) is 11.3. The lowest BCUT2D eigenvalue weighted by Crippen LogP contribution is -2.41. The smallest absolute Gasteiger partial charge is 0.304 e. The van der Waals surface area contributed by atoms with Crippen molar-refractivity contribution >= 4 is 5.97 Å². The summed E-state index contributed by atoms with van der Waals surface area (Å²) in [7, 11) is 0. The summed E-state index contributed by atoms with van der Waals surface area (Å²) in [6.45, 7) is 4.82. The van der Waals surface area contributed by atoms with Crippen LogP contribution < -0.4 is 5.73 Å². The molecule has 1 heterocycles. The van der Waals surface area contributed by atoms with Gasteiger partial charge in [-0.15, -0.1) is 0 Å². The Labute approximate surface area is 91.4 Å². The molecule has 1 aliphatic heterocycles. The first-order valence-electron chi connectivity index (χ1n) is 5.79. The maximum Gasteiger partial charge on any atom is 0.304 e. The summed E-state index contributed by atoms with van der Waals surface area (Å²) in [5, 5.41) is 8.71. The Balaban J connectivity index is 2.27. The molecular formula is C11H22N2O2. The molecule has 4 nitrogen and oxygen atoms in total. The van der Waals surface area contributed by atoms with Gasteiger partial charge in [0.05, 0.1) is 6.42 Å². The lowest BCUT2D eigenvalue weighted by Gasteiger charge is -2.35. The topological polar surface area (TPSA) is 66.6 Å². The van der Waals surface area contributed by atoms with Crippen LogP contribution in [0.3, 0.4) is 0 Å². The molecule has 15 heavy (non-hydrogen) atoms. The molecule has 3 N–H and O–H groups in total. The second-order valence-electron chi connectivity index (χ2n) is 4.50. The quantitative estimate of drug-likeness (QED) is 0.714. The Morgan fingerprint density at radius 3 is 2.60 bits per heavy atom. The van der Waals surface area contributed by atoms with E-state index in [9.17, 15) is 4.79 Å². The van der Waals surface area contributed by atoms with Gasteiger partial charge in [0.1, 0.15) is 0 Å². The number of nitrogens with two attached hydrogens (primary N) is 1. The Kier molecular flexibility index (Phi) is 5.05. The number of aliphatic carboxylic acids is 1. The molecule has 0 radical (unpaired) electrons. The van der Waals surface area contributed by atoms with Gasteiger partial charge in [-0.2, -0.15) is 0 Å². The van der Waals surface area contributed by atoms with Crippen LogP contribution in [0.5, 0.6) is 0 Å². The lowest BCUT2D eigenvalue weighted by atomic mass is 9.92. The summed E-state index contributed by atoms with van der Waals surface area (Å²) in [5.74, 6) is 0.0508.